The maximum Gasteiger partial charge on any atom is 0.342 e. The Morgan fingerprint density at radius 3 is 2.75 bits per heavy atom. The molecule has 0 saturated carbocycles. The molecule has 1 heterocycles. The SMILES string of the molecule is CC(=O)OC(COS(C)(=O)=O)Cn1cncc1[N+](=O)[O-]. The average molecular weight is 307 g/mol. The smallest absolute Gasteiger partial charge is 0.342 e. The molecule has 1 unspecified atom stereocenters. The highest BCUT2D eigenvalue weighted by molar-refractivity contribution is 7.85. The third kappa shape index (κ3) is 5.32. The third-order valence-corrected chi connectivity index (χ3v) is 2.64. The number of hydrogen-bond acceptors (Lipinski definition) is 8. The summed E-state index contributed by atoms with van der Waals surface area (Å²) in [7, 11) is -3.71. The van der Waals surface area contributed by atoms with Crippen LogP contribution in [0.4, 0.5) is 5.82 Å². The predicted octanol–water partition coefficient (Wildman–Crippen LogP) is -0.301. The molecular weight excluding hydrogens is 294 g/mol. The molecule has 0 aliphatic carbocycles. The van der Waals surface area contributed by atoms with E-state index in [0.29, 0.717) is 0 Å². The molecule has 1 aromatic heterocycles. The van der Waals surface area contributed by atoms with E-state index in [1.165, 1.54) is 6.33 Å². The first-order chi connectivity index (χ1) is 9.19. The molecule has 11 heteroatoms. The Bertz CT molecular complexity index is 594. The highest BCUT2D eigenvalue weighted by atomic mass is 32.2. The summed E-state index contributed by atoms with van der Waals surface area (Å²) in [6.45, 7) is 0.551. The summed E-state index contributed by atoms with van der Waals surface area (Å²) in [4.78, 5) is 24.6. The fraction of sp³-hybridized carbons (Fsp3) is 0.556. The van der Waals surface area contributed by atoms with Gasteiger partial charge in [0.25, 0.3) is 10.1 Å². The van der Waals surface area contributed by atoms with E-state index < -0.39 is 33.7 Å². The number of carbonyl (C=O) groups is 1. The average Bonchev–Trinajstić information content (AvgIpc) is 2.72. The first kappa shape index (κ1) is 16.0. The lowest BCUT2D eigenvalue weighted by Gasteiger charge is -2.15. The summed E-state index contributed by atoms with van der Waals surface area (Å²) in [5.41, 5.74) is 0. The van der Waals surface area contributed by atoms with Crippen LogP contribution >= 0.6 is 0 Å². The maximum atomic E-state index is 10.9. The Morgan fingerprint density at radius 1 is 1.60 bits per heavy atom. The van der Waals surface area contributed by atoms with Gasteiger partial charge in [-0.3, -0.25) is 8.98 Å². The zero-order valence-corrected chi connectivity index (χ0v) is 11.6. The topological polar surface area (TPSA) is 131 Å². The van der Waals surface area contributed by atoms with Crippen molar-refractivity contribution in [2.75, 3.05) is 12.9 Å². The van der Waals surface area contributed by atoms with Crippen molar-refractivity contribution in [1.29, 1.82) is 0 Å². The van der Waals surface area contributed by atoms with Crippen molar-refractivity contribution in [1.82, 2.24) is 9.55 Å². The number of imidazole rings is 1. The second-order valence-corrected chi connectivity index (χ2v) is 5.53. The van der Waals surface area contributed by atoms with Gasteiger partial charge in [-0.1, -0.05) is 0 Å². The van der Waals surface area contributed by atoms with Crippen LogP contribution in [-0.2, 0) is 30.4 Å². The Balaban J connectivity index is 2.80. The quantitative estimate of drug-likeness (QED) is 0.290. The van der Waals surface area contributed by atoms with Crippen molar-refractivity contribution in [2.24, 2.45) is 0 Å². The molecule has 0 radical (unpaired) electrons. The zero-order valence-electron chi connectivity index (χ0n) is 10.8. The first-order valence-electron chi connectivity index (χ1n) is 5.35. The molecule has 0 amide bonds. The lowest BCUT2D eigenvalue weighted by atomic mass is 10.3. The predicted molar refractivity (Wildman–Crippen MR) is 65.2 cm³/mol. The van der Waals surface area contributed by atoms with E-state index >= 15 is 0 Å². The van der Waals surface area contributed by atoms with Crippen molar-refractivity contribution >= 4 is 21.9 Å². The molecule has 0 aliphatic heterocycles. The third-order valence-electron chi connectivity index (χ3n) is 2.08. The van der Waals surface area contributed by atoms with Crippen LogP contribution in [0.15, 0.2) is 12.5 Å². The van der Waals surface area contributed by atoms with E-state index in [0.717, 1.165) is 23.9 Å². The van der Waals surface area contributed by atoms with Crippen LogP contribution in [-0.4, -0.2) is 47.8 Å². The normalized spacial score (nSPS) is 12.9. The Hall–Kier alpha value is -2.01. The van der Waals surface area contributed by atoms with Crippen LogP contribution < -0.4 is 0 Å². The summed E-state index contributed by atoms with van der Waals surface area (Å²) in [5.74, 6) is -0.962. The molecule has 0 aromatic carbocycles. The van der Waals surface area contributed by atoms with Crippen LogP contribution in [0, 0.1) is 10.1 Å². The van der Waals surface area contributed by atoms with E-state index in [1.54, 1.807) is 0 Å². The summed E-state index contributed by atoms with van der Waals surface area (Å²) in [5, 5.41) is 10.7. The summed E-state index contributed by atoms with van der Waals surface area (Å²) in [6.07, 6.45) is 2.06. The molecule has 0 aliphatic rings. The lowest BCUT2D eigenvalue weighted by Crippen LogP contribution is -2.28. The van der Waals surface area contributed by atoms with Crippen molar-refractivity contribution in [3.8, 4) is 0 Å². The molecule has 0 bridgehead atoms. The van der Waals surface area contributed by atoms with Gasteiger partial charge in [0.2, 0.25) is 0 Å². The van der Waals surface area contributed by atoms with Gasteiger partial charge in [0.05, 0.1) is 6.26 Å². The van der Waals surface area contributed by atoms with E-state index in [2.05, 4.69) is 9.17 Å². The molecule has 0 spiro atoms. The van der Waals surface area contributed by atoms with Gasteiger partial charge >= 0.3 is 11.8 Å². The van der Waals surface area contributed by atoms with Gasteiger partial charge in [0.1, 0.15) is 19.3 Å². The number of esters is 1. The number of carbonyl (C=O) groups excluding carboxylic acids is 1. The van der Waals surface area contributed by atoms with Crippen LogP contribution in [0.25, 0.3) is 0 Å². The highest BCUT2D eigenvalue weighted by Gasteiger charge is 2.22. The van der Waals surface area contributed by atoms with Crippen molar-refractivity contribution < 1.29 is 27.1 Å². The maximum absolute atomic E-state index is 10.9. The Morgan fingerprint density at radius 2 is 2.25 bits per heavy atom. The molecule has 112 valence electrons. The van der Waals surface area contributed by atoms with Crippen molar-refractivity contribution in [2.45, 2.75) is 19.6 Å². The van der Waals surface area contributed by atoms with Gasteiger partial charge in [-0.05, 0) is 4.92 Å². The zero-order chi connectivity index (χ0) is 15.3. The van der Waals surface area contributed by atoms with E-state index in [-0.39, 0.29) is 12.4 Å². The summed E-state index contributed by atoms with van der Waals surface area (Å²) < 4.78 is 32.3. The number of hydrogen-bond donors (Lipinski definition) is 0. The molecule has 0 fully saturated rings. The van der Waals surface area contributed by atoms with Gasteiger partial charge in [-0.25, -0.2) is 9.55 Å². The fourth-order valence-corrected chi connectivity index (χ4v) is 1.78. The van der Waals surface area contributed by atoms with Crippen LogP contribution in [0.1, 0.15) is 6.92 Å². The molecule has 0 saturated heterocycles. The second kappa shape index (κ2) is 6.43. The monoisotopic (exact) mass is 307 g/mol. The van der Waals surface area contributed by atoms with E-state index in [4.69, 9.17) is 4.74 Å². The van der Waals surface area contributed by atoms with E-state index in [9.17, 15) is 23.3 Å². The number of rotatable bonds is 7. The van der Waals surface area contributed by atoms with Gasteiger partial charge in [0, 0.05) is 6.92 Å². The molecule has 1 atom stereocenters. The van der Waals surface area contributed by atoms with E-state index in [1.807, 2.05) is 0 Å². The minimum atomic E-state index is -3.71. The largest absolute Gasteiger partial charge is 0.456 e. The standard InChI is InChI=1S/C9H13N3O7S/c1-7(13)19-8(5-18-20(2,16)17)4-11-6-10-3-9(11)12(14)15/h3,6,8H,4-5H2,1-2H3. The molecule has 1 aromatic rings. The Kier molecular flexibility index (Phi) is 5.16. The molecule has 0 N–H and O–H groups in total. The van der Waals surface area contributed by atoms with Gasteiger partial charge in [0.15, 0.2) is 12.4 Å². The molecule has 10 nitrogen and oxygen atoms in total. The number of aromatic nitrogens is 2. The van der Waals surface area contributed by atoms with Gasteiger partial charge in [-0.15, -0.1) is 0 Å². The minimum absolute atomic E-state index is 0.147. The highest BCUT2D eigenvalue weighted by Crippen LogP contribution is 2.12. The summed E-state index contributed by atoms with van der Waals surface area (Å²) in [6, 6.07) is 0. The van der Waals surface area contributed by atoms with Crippen LogP contribution in [0.3, 0.4) is 0 Å². The fourth-order valence-electron chi connectivity index (χ4n) is 1.38. The summed E-state index contributed by atoms with van der Waals surface area (Å²) >= 11 is 0. The molecular formula is C9H13N3O7S. The van der Waals surface area contributed by atoms with Gasteiger partial charge < -0.3 is 14.9 Å². The number of ether oxygens (including phenoxy) is 1. The van der Waals surface area contributed by atoms with Crippen LogP contribution in [0.2, 0.25) is 0 Å². The van der Waals surface area contributed by atoms with Gasteiger partial charge in [-0.2, -0.15) is 8.42 Å². The Labute approximate surface area is 114 Å². The number of nitrogens with zero attached hydrogens (tertiary/aromatic N) is 3. The van der Waals surface area contributed by atoms with Crippen LogP contribution in [0.5, 0.6) is 0 Å². The molecule has 1 rings (SSSR count). The minimum Gasteiger partial charge on any atom is -0.456 e. The lowest BCUT2D eigenvalue weighted by molar-refractivity contribution is -0.392. The van der Waals surface area contributed by atoms with Crippen molar-refractivity contribution in [3.63, 3.8) is 0 Å². The second-order valence-electron chi connectivity index (χ2n) is 3.88. The van der Waals surface area contributed by atoms with Crippen molar-refractivity contribution in [3.05, 3.63) is 22.6 Å². The number of nitro groups is 1. The molecule has 20 heavy (non-hydrogen) atoms. The first-order valence-corrected chi connectivity index (χ1v) is 7.17.